The summed E-state index contributed by atoms with van der Waals surface area (Å²) < 4.78 is 16.9. The van der Waals surface area contributed by atoms with E-state index in [-0.39, 0.29) is 36.6 Å². The fraction of sp³-hybridized carbons (Fsp3) is 0.304. The number of hydrogen-bond donors (Lipinski definition) is 1. The van der Waals surface area contributed by atoms with Crippen molar-refractivity contribution in [3.05, 3.63) is 50.9 Å². The van der Waals surface area contributed by atoms with Crippen LogP contribution in [0.15, 0.2) is 29.3 Å². The first-order chi connectivity index (χ1) is 17.3. The Kier molecular flexibility index (Phi) is 7.72. The van der Waals surface area contributed by atoms with Crippen molar-refractivity contribution < 1.29 is 28.6 Å². The molecule has 188 valence electrons. The number of aromatic nitrogens is 3. The Bertz CT molecular complexity index is 1520. The third-order valence-electron chi connectivity index (χ3n) is 5.08. The van der Waals surface area contributed by atoms with Gasteiger partial charge in [0.25, 0.3) is 5.56 Å². The summed E-state index contributed by atoms with van der Waals surface area (Å²) in [7, 11) is 1.50. The number of amides is 1. The Morgan fingerprint density at radius 3 is 2.67 bits per heavy atom. The summed E-state index contributed by atoms with van der Waals surface area (Å²) in [6, 6.07) is 4.93. The summed E-state index contributed by atoms with van der Waals surface area (Å²) in [5.74, 6) is -1.47. The number of fused-ring (bicyclic) bond motifs is 2. The van der Waals surface area contributed by atoms with Gasteiger partial charge < -0.3 is 19.5 Å². The third kappa shape index (κ3) is 5.27. The second-order valence-corrected chi connectivity index (χ2v) is 9.54. The highest BCUT2D eigenvalue weighted by atomic mass is 32.1. The molecule has 13 heteroatoms. The molecule has 0 aliphatic rings. The third-order valence-corrected chi connectivity index (χ3v) is 7.20. The zero-order valence-corrected chi connectivity index (χ0v) is 21.3. The molecule has 0 radical (unpaired) electrons. The molecule has 4 aromatic rings. The van der Waals surface area contributed by atoms with Gasteiger partial charge in [-0.25, -0.2) is 19.6 Å². The number of nitrogens with one attached hydrogen (secondary N) is 1. The van der Waals surface area contributed by atoms with E-state index in [1.165, 1.54) is 29.3 Å². The average molecular weight is 531 g/mol. The molecule has 36 heavy (non-hydrogen) atoms. The van der Waals surface area contributed by atoms with Crippen molar-refractivity contribution in [2.75, 3.05) is 32.2 Å². The summed E-state index contributed by atoms with van der Waals surface area (Å²) in [5.41, 5.74) is 1.02. The minimum absolute atomic E-state index is 0.0940. The quantitative estimate of drug-likeness (QED) is 0.256. The topological polar surface area (TPSA) is 139 Å². The Balaban J connectivity index is 1.50. The number of carbonyl (C=O) groups excluding carboxylic acids is 3. The van der Waals surface area contributed by atoms with E-state index in [2.05, 4.69) is 15.3 Å². The number of methoxy groups -OCH3 is 1. The van der Waals surface area contributed by atoms with Crippen molar-refractivity contribution >= 4 is 66.1 Å². The fourth-order valence-electron chi connectivity index (χ4n) is 3.38. The number of thiazole rings is 1. The van der Waals surface area contributed by atoms with E-state index in [9.17, 15) is 19.2 Å². The summed E-state index contributed by atoms with van der Waals surface area (Å²) in [4.78, 5) is 59.3. The van der Waals surface area contributed by atoms with Gasteiger partial charge in [0.05, 0.1) is 40.7 Å². The molecular weight excluding hydrogens is 508 g/mol. The number of nitrogens with zero attached hydrogens (tertiary/aromatic N) is 3. The summed E-state index contributed by atoms with van der Waals surface area (Å²) in [6.45, 7) is 3.70. The molecule has 3 aromatic heterocycles. The number of anilines is 1. The van der Waals surface area contributed by atoms with Crippen molar-refractivity contribution in [3.63, 3.8) is 0 Å². The molecule has 0 unspecified atom stereocenters. The maximum atomic E-state index is 13.0. The van der Waals surface area contributed by atoms with Crippen LogP contribution in [0.2, 0.25) is 0 Å². The van der Waals surface area contributed by atoms with Crippen LogP contribution in [-0.2, 0) is 25.5 Å². The van der Waals surface area contributed by atoms with Crippen molar-refractivity contribution in [1.82, 2.24) is 14.5 Å². The van der Waals surface area contributed by atoms with Gasteiger partial charge in [0, 0.05) is 7.11 Å². The van der Waals surface area contributed by atoms with Crippen LogP contribution >= 0.6 is 22.7 Å². The van der Waals surface area contributed by atoms with Crippen molar-refractivity contribution in [1.29, 1.82) is 0 Å². The van der Waals surface area contributed by atoms with Gasteiger partial charge in [0.15, 0.2) is 5.13 Å². The molecule has 0 saturated heterocycles. The molecule has 0 saturated carbocycles. The fourth-order valence-corrected chi connectivity index (χ4v) is 5.34. The summed E-state index contributed by atoms with van der Waals surface area (Å²) in [5, 5.41) is 3.27. The lowest BCUT2D eigenvalue weighted by molar-refractivity contribution is -0.116. The molecule has 0 spiro atoms. The SMILES string of the molecule is CCOC(=O)c1ccc2nc(NC(=O)Cn3cnc4sc(C(=O)OCCOC)c(C)c4c3=O)sc2c1. The first-order valence-corrected chi connectivity index (χ1v) is 12.5. The Morgan fingerprint density at radius 2 is 1.92 bits per heavy atom. The number of aryl methyl sites for hydroxylation is 1. The normalized spacial score (nSPS) is 11.1. The van der Waals surface area contributed by atoms with Crippen LogP contribution < -0.4 is 10.9 Å². The Hall–Kier alpha value is -3.68. The molecule has 1 aromatic carbocycles. The summed E-state index contributed by atoms with van der Waals surface area (Å²) in [6.07, 6.45) is 1.27. The number of rotatable bonds is 9. The largest absolute Gasteiger partial charge is 0.462 e. The number of hydrogen-bond acceptors (Lipinski definition) is 11. The molecule has 1 amide bonds. The van der Waals surface area contributed by atoms with Gasteiger partial charge in [-0.15, -0.1) is 11.3 Å². The first kappa shape index (κ1) is 25.4. The molecule has 4 rings (SSSR count). The van der Waals surface area contributed by atoms with Gasteiger partial charge in [-0.05, 0) is 37.6 Å². The molecule has 0 bridgehead atoms. The van der Waals surface area contributed by atoms with E-state index in [4.69, 9.17) is 14.2 Å². The van der Waals surface area contributed by atoms with Crippen LogP contribution in [-0.4, -0.2) is 59.3 Å². The van der Waals surface area contributed by atoms with Gasteiger partial charge >= 0.3 is 11.9 Å². The maximum absolute atomic E-state index is 13.0. The predicted molar refractivity (Wildman–Crippen MR) is 135 cm³/mol. The van der Waals surface area contributed by atoms with E-state index in [1.807, 2.05) is 0 Å². The van der Waals surface area contributed by atoms with E-state index in [0.29, 0.717) is 31.3 Å². The van der Waals surface area contributed by atoms with Gasteiger partial charge in [0.2, 0.25) is 5.91 Å². The number of thiophene rings is 1. The van der Waals surface area contributed by atoms with Crippen LogP contribution in [0.25, 0.3) is 20.4 Å². The molecule has 0 aliphatic heterocycles. The Labute approximate surface area is 212 Å². The minimum Gasteiger partial charge on any atom is -0.462 e. The highest BCUT2D eigenvalue weighted by Crippen LogP contribution is 2.28. The first-order valence-electron chi connectivity index (χ1n) is 10.8. The van der Waals surface area contributed by atoms with Crippen molar-refractivity contribution in [2.45, 2.75) is 20.4 Å². The van der Waals surface area contributed by atoms with Crippen LogP contribution in [0.3, 0.4) is 0 Å². The number of benzene rings is 1. The molecule has 11 nitrogen and oxygen atoms in total. The molecular formula is C23H22N4O7S2. The van der Waals surface area contributed by atoms with Crippen molar-refractivity contribution in [2.24, 2.45) is 0 Å². The Morgan fingerprint density at radius 1 is 1.11 bits per heavy atom. The van der Waals surface area contributed by atoms with Gasteiger partial charge in [-0.3, -0.25) is 14.2 Å². The van der Waals surface area contributed by atoms with Crippen molar-refractivity contribution in [3.8, 4) is 0 Å². The van der Waals surface area contributed by atoms with Crippen LogP contribution in [0.5, 0.6) is 0 Å². The smallest absolute Gasteiger partial charge is 0.348 e. The second kappa shape index (κ2) is 10.9. The number of esters is 2. The lowest BCUT2D eigenvalue weighted by atomic mass is 10.2. The lowest BCUT2D eigenvalue weighted by Gasteiger charge is -2.05. The van der Waals surface area contributed by atoms with E-state index < -0.39 is 23.4 Å². The average Bonchev–Trinajstić information content (AvgIpc) is 3.40. The molecule has 3 heterocycles. The van der Waals surface area contributed by atoms with Crippen LogP contribution in [0.1, 0.15) is 32.5 Å². The van der Waals surface area contributed by atoms with Gasteiger partial charge in [-0.1, -0.05) is 11.3 Å². The predicted octanol–water partition coefficient (Wildman–Crippen LogP) is 2.99. The minimum atomic E-state index is -0.557. The number of ether oxygens (including phenoxy) is 3. The molecule has 0 fully saturated rings. The molecule has 0 aliphatic carbocycles. The standard InChI is InChI=1S/C23H22N4O7S2/c1-4-33-21(30)13-5-6-14-15(9-13)35-23(25-14)26-16(28)10-27-11-24-19-17(20(27)29)12(2)18(36-19)22(31)34-8-7-32-3/h5-6,9,11H,4,7-8,10H2,1-3H3,(H,25,26,28). The lowest BCUT2D eigenvalue weighted by Crippen LogP contribution is -2.27. The number of carbonyl (C=O) groups is 3. The van der Waals surface area contributed by atoms with Crippen LogP contribution in [0.4, 0.5) is 5.13 Å². The maximum Gasteiger partial charge on any atom is 0.348 e. The highest BCUT2D eigenvalue weighted by Gasteiger charge is 2.21. The van der Waals surface area contributed by atoms with E-state index >= 15 is 0 Å². The zero-order valence-electron chi connectivity index (χ0n) is 19.7. The van der Waals surface area contributed by atoms with E-state index in [0.717, 1.165) is 11.3 Å². The zero-order chi connectivity index (χ0) is 25.8. The molecule has 1 N–H and O–H groups in total. The van der Waals surface area contributed by atoms with Crippen LogP contribution in [0, 0.1) is 6.92 Å². The molecule has 0 atom stereocenters. The highest BCUT2D eigenvalue weighted by molar-refractivity contribution is 7.22. The van der Waals surface area contributed by atoms with E-state index in [1.54, 1.807) is 32.0 Å². The van der Waals surface area contributed by atoms with Gasteiger partial charge in [-0.2, -0.15) is 0 Å². The summed E-state index contributed by atoms with van der Waals surface area (Å²) >= 11 is 2.26. The monoisotopic (exact) mass is 530 g/mol. The van der Waals surface area contributed by atoms with Gasteiger partial charge in [0.1, 0.15) is 22.9 Å². The second-order valence-electron chi connectivity index (χ2n) is 7.51.